The molecule has 1 N–H and O–H groups in total. The molecule has 3 atom stereocenters. The highest BCUT2D eigenvalue weighted by molar-refractivity contribution is 6.35. The largest absolute Gasteiger partial charge is 0.361 e. The number of fused-ring (bicyclic) bond motifs is 3. The fourth-order valence-electron chi connectivity index (χ4n) is 4.87. The number of carbonyl (C=O) groups excluding carboxylic acids is 1. The van der Waals surface area contributed by atoms with Crippen LogP contribution in [0.5, 0.6) is 0 Å². The van der Waals surface area contributed by atoms with Crippen molar-refractivity contribution in [3.8, 4) is 6.07 Å². The van der Waals surface area contributed by atoms with Crippen molar-refractivity contribution >= 4 is 28.4 Å². The van der Waals surface area contributed by atoms with E-state index < -0.39 is 0 Å². The Morgan fingerprint density at radius 3 is 3.07 bits per heavy atom. The van der Waals surface area contributed by atoms with Crippen LogP contribution in [0.4, 0.5) is 0 Å². The summed E-state index contributed by atoms with van der Waals surface area (Å²) in [5, 5.41) is 11.3. The number of rotatable bonds is 3. The SMILES string of the molecule is C.CC(CC(=O)N1CCC2(C#N)CCCC1C2)c1c[nH]c2cccc(Cl)c12. The first kappa shape index (κ1) is 19.8. The summed E-state index contributed by atoms with van der Waals surface area (Å²) in [6.45, 7) is 2.81. The van der Waals surface area contributed by atoms with Gasteiger partial charge in [-0.3, -0.25) is 4.79 Å². The van der Waals surface area contributed by atoms with Gasteiger partial charge in [0.15, 0.2) is 0 Å². The van der Waals surface area contributed by atoms with Gasteiger partial charge < -0.3 is 9.88 Å². The molecule has 1 aliphatic carbocycles. The second-order valence-electron chi connectivity index (χ2n) is 7.99. The van der Waals surface area contributed by atoms with E-state index in [2.05, 4.69) is 18.0 Å². The van der Waals surface area contributed by atoms with E-state index in [1.54, 1.807) is 0 Å². The van der Waals surface area contributed by atoms with Crippen LogP contribution in [0.2, 0.25) is 5.02 Å². The Morgan fingerprint density at radius 1 is 1.48 bits per heavy atom. The van der Waals surface area contributed by atoms with Gasteiger partial charge in [-0.2, -0.15) is 5.26 Å². The third-order valence-electron chi connectivity index (χ3n) is 6.35. The molecule has 4 rings (SSSR count). The number of likely N-dealkylation sites (tertiary alicyclic amines) is 1. The summed E-state index contributed by atoms with van der Waals surface area (Å²) in [6.07, 6.45) is 7.20. The number of benzene rings is 1. The molecule has 0 spiro atoms. The lowest BCUT2D eigenvalue weighted by molar-refractivity contribution is -0.138. The van der Waals surface area contributed by atoms with E-state index in [-0.39, 0.29) is 30.7 Å². The zero-order valence-electron chi connectivity index (χ0n) is 15.1. The third kappa shape index (κ3) is 3.46. The van der Waals surface area contributed by atoms with Crippen molar-refractivity contribution in [3.05, 3.63) is 35.0 Å². The maximum atomic E-state index is 13.0. The van der Waals surface area contributed by atoms with E-state index in [1.165, 1.54) is 0 Å². The fourth-order valence-corrected chi connectivity index (χ4v) is 5.15. The summed E-state index contributed by atoms with van der Waals surface area (Å²) < 4.78 is 0. The molecule has 1 amide bonds. The first-order valence-corrected chi connectivity index (χ1v) is 9.87. The van der Waals surface area contributed by atoms with Gasteiger partial charge in [0, 0.05) is 36.1 Å². The van der Waals surface area contributed by atoms with Gasteiger partial charge in [0.1, 0.15) is 0 Å². The standard InChI is InChI=1S/C21H24ClN3O.CH4/c1-14(16-12-24-18-6-2-5-17(22)20(16)18)10-19(26)25-9-8-21(13-23)7-3-4-15(25)11-21;/h2,5-6,12,14-15,24H,3-4,7-11H2,1H3;1H4. The summed E-state index contributed by atoms with van der Waals surface area (Å²) in [5.41, 5.74) is 1.93. The van der Waals surface area contributed by atoms with Gasteiger partial charge in [-0.15, -0.1) is 0 Å². The van der Waals surface area contributed by atoms with Crippen LogP contribution in [0.1, 0.15) is 64.4 Å². The molecule has 3 unspecified atom stereocenters. The molecule has 2 aromatic rings. The second kappa shape index (κ2) is 7.56. The number of nitrogens with one attached hydrogen (secondary N) is 1. The number of carbonyl (C=O) groups is 1. The number of piperidine rings is 1. The molecular weight excluding hydrogens is 358 g/mol. The van der Waals surface area contributed by atoms with Crippen LogP contribution in [0, 0.1) is 16.7 Å². The zero-order valence-corrected chi connectivity index (χ0v) is 15.9. The smallest absolute Gasteiger partial charge is 0.223 e. The molecule has 1 aromatic heterocycles. The molecule has 2 heterocycles. The van der Waals surface area contributed by atoms with Crippen LogP contribution in [0.25, 0.3) is 10.9 Å². The van der Waals surface area contributed by atoms with E-state index in [4.69, 9.17) is 11.6 Å². The lowest BCUT2D eigenvalue weighted by Gasteiger charge is -2.47. The highest BCUT2D eigenvalue weighted by Crippen LogP contribution is 2.45. The van der Waals surface area contributed by atoms with Crippen molar-refractivity contribution in [1.29, 1.82) is 5.26 Å². The van der Waals surface area contributed by atoms with Gasteiger partial charge in [0.25, 0.3) is 0 Å². The van der Waals surface area contributed by atoms with Crippen LogP contribution in [-0.2, 0) is 4.79 Å². The van der Waals surface area contributed by atoms with Gasteiger partial charge in [0.2, 0.25) is 5.91 Å². The lowest BCUT2D eigenvalue weighted by atomic mass is 9.68. The molecule has 5 heteroatoms. The predicted octanol–water partition coefficient (Wildman–Crippen LogP) is 5.64. The van der Waals surface area contributed by atoms with Crippen LogP contribution in [0.15, 0.2) is 24.4 Å². The molecule has 4 nitrogen and oxygen atoms in total. The lowest BCUT2D eigenvalue weighted by Crippen LogP contribution is -2.51. The minimum absolute atomic E-state index is 0. The minimum Gasteiger partial charge on any atom is -0.361 e. The Labute approximate surface area is 166 Å². The highest BCUT2D eigenvalue weighted by Gasteiger charge is 2.44. The van der Waals surface area contributed by atoms with Crippen molar-refractivity contribution in [3.63, 3.8) is 0 Å². The number of halogens is 1. The fraction of sp³-hybridized carbons (Fsp3) is 0.545. The number of aromatic nitrogens is 1. The van der Waals surface area contributed by atoms with Gasteiger partial charge in [-0.1, -0.05) is 32.0 Å². The molecule has 2 aliphatic rings. The summed E-state index contributed by atoms with van der Waals surface area (Å²) >= 11 is 6.39. The Kier molecular flexibility index (Phi) is 5.53. The molecule has 1 aliphatic heterocycles. The number of nitrogens with zero attached hydrogens (tertiary/aromatic N) is 2. The zero-order chi connectivity index (χ0) is 18.3. The Bertz CT molecular complexity index is 883. The average Bonchev–Trinajstić information content (AvgIpc) is 3.07. The van der Waals surface area contributed by atoms with Crippen molar-refractivity contribution < 1.29 is 4.79 Å². The number of nitriles is 1. The summed E-state index contributed by atoms with van der Waals surface area (Å²) in [5.74, 6) is 0.305. The van der Waals surface area contributed by atoms with Gasteiger partial charge in [0.05, 0.1) is 16.5 Å². The monoisotopic (exact) mass is 385 g/mol. The Morgan fingerprint density at radius 2 is 2.30 bits per heavy atom. The molecule has 1 saturated carbocycles. The molecule has 2 bridgehead atoms. The predicted molar refractivity (Wildman–Crippen MR) is 110 cm³/mol. The minimum atomic E-state index is -0.185. The molecular formula is C22H28ClN3O. The number of aromatic amines is 1. The normalized spacial score (nSPS) is 25.5. The Balaban J connectivity index is 0.00000210. The summed E-state index contributed by atoms with van der Waals surface area (Å²) in [4.78, 5) is 18.3. The molecule has 2 fully saturated rings. The number of H-pyrrole nitrogens is 1. The molecule has 144 valence electrons. The van der Waals surface area contributed by atoms with Gasteiger partial charge >= 0.3 is 0 Å². The van der Waals surface area contributed by atoms with E-state index in [1.807, 2.05) is 29.3 Å². The first-order valence-electron chi connectivity index (χ1n) is 9.49. The van der Waals surface area contributed by atoms with E-state index in [9.17, 15) is 10.1 Å². The number of amides is 1. The van der Waals surface area contributed by atoms with Crippen molar-refractivity contribution in [1.82, 2.24) is 9.88 Å². The number of hydrogen-bond donors (Lipinski definition) is 1. The Hall–Kier alpha value is -1.99. The van der Waals surface area contributed by atoms with Gasteiger partial charge in [-0.05, 0) is 55.7 Å². The number of hydrogen-bond acceptors (Lipinski definition) is 2. The van der Waals surface area contributed by atoms with E-state index >= 15 is 0 Å². The third-order valence-corrected chi connectivity index (χ3v) is 6.66. The second-order valence-corrected chi connectivity index (χ2v) is 8.40. The quantitative estimate of drug-likeness (QED) is 0.743. The van der Waals surface area contributed by atoms with Gasteiger partial charge in [-0.25, -0.2) is 0 Å². The van der Waals surface area contributed by atoms with Crippen molar-refractivity contribution in [2.45, 2.75) is 64.8 Å². The molecule has 27 heavy (non-hydrogen) atoms. The van der Waals surface area contributed by atoms with E-state index in [0.717, 1.165) is 60.1 Å². The molecule has 1 saturated heterocycles. The maximum absolute atomic E-state index is 13.0. The maximum Gasteiger partial charge on any atom is 0.223 e. The highest BCUT2D eigenvalue weighted by atomic mass is 35.5. The average molecular weight is 386 g/mol. The molecule has 1 aromatic carbocycles. The van der Waals surface area contributed by atoms with Crippen LogP contribution in [0.3, 0.4) is 0 Å². The first-order chi connectivity index (χ1) is 12.5. The van der Waals surface area contributed by atoms with Crippen LogP contribution >= 0.6 is 11.6 Å². The molecule has 0 radical (unpaired) electrons. The van der Waals surface area contributed by atoms with Crippen molar-refractivity contribution in [2.75, 3.05) is 6.54 Å². The topological polar surface area (TPSA) is 59.9 Å². The van der Waals surface area contributed by atoms with Crippen molar-refractivity contribution in [2.24, 2.45) is 5.41 Å². The van der Waals surface area contributed by atoms with Crippen LogP contribution in [-0.4, -0.2) is 28.4 Å². The van der Waals surface area contributed by atoms with E-state index in [0.29, 0.717) is 6.42 Å². The summed E-state index contributed by atoms with van der Waals surface area (Å²) in [7, 11) is 0. The summed E-state index contributed by atoms with van der Waals surface area (Å²) in [6, 6.07) is 8.61. The van der Waals surface area contributed by atoms with Crippen LogP contribution < -0.4 is 0 Å².